The topological polar surface area (TPSA) is 76.2 Å². The molecule has 0 aliphatic rings. The zero-order valence-corrected chi connectivity index (χ0v) is 9.88. The van der Waals surface area contributed by atoms with Gasteiger partial charge in [-0.1, -0.05) is 0 Å². The van der Waals surface area contributed by atoms with E-state index in [1.807, 2.05) is 0 Å². The van der Waals surface area contributed by atoms with E-state index < -0.39 is 21.4 Å². The van der Waals surface area contributed by atoms with Crippen LogP contribution in [-0.4, -0.2) is 25.2 Å². The Morgan fingerprint density at radius 2 is 1.89 bits per heavy atom. The molecule has 9 heteroatoms. The minimum Gasteiger partial charge on any atom is -0.376 e. The lowest BCUT2D eigenvalue weighted by Gasteiger charge is -2.09. The van der Waals surface area contributed by atoms with Gasteiger partial charge in [0.05, 0.1) is 5.69 Å². The summed E-state index contributed by atoms with van der Waals surface area (Å²) in [6.45, 7) is 0. The molecule has 0 saturated heterocycles. The highest BCUT2D eigenvalue weighted by Gasteiger charge is 2.48. The molecule has 2 rings (SSSR count). The molecule has 2 aromatic rings. The lowest BCUT2D eigenvalue weighted by atomic mass is 10.2. The Kier molecular flexibility index (Phi) is 3.01. The lowest BCUT2D eigenvalue weighted by Crippen LogP contribution is -2.28. The van der Waals surface area contributed by atoms with Gasteiger partial charge in [-0.25, -0.2) is 0 Å². The van der Waals surface area contributed by atoms with Crippen LogP contribution < -0.4 is 4.18 Å². The SMILES string of the molecule is O=Cc1cc2cc(OS(=O)(=O)C(F)(F)F)ccc2[nH]1. The number of fused-ring (bicyclic) bond motifs is 1. The van der Waals surface area contributed by atoms with E-state index in [-0.39, 0.29) is 5.69 Å². The molecule has 0 bridgehead atoms. The number of carbonyl (C=O) groups excluding carboxylic acids is 1. The van der Waals surface area contributed by atoms with Crippen LogP contribution in [0.4, 0.5) is 13.2 Å². The number of hydrogen-bond acceptors (Lipinski definition) is 4. The summed E-state index contributed by atoms with van der Waals surface area (Å²) in [5.41, 5.74) is -4.81. The molecule has 102 valence electrons. The molecule has 1 heterocycles. The summed E-state index contributed by atoms with van der Waals surface area (Å²) in [5, 5.41) is 0.358. The Bertz CT molecular complexity index is 733. The average molecular weight is 293 g/mol. The number of aldehydes is 1. The van der Waals surface area contributed by atoms with Crippen molar-refractivity contribution < 1.29 is 30.6 Å². The third-order valence-corrected chi connectivity index (χ3v) is 3.21. The van der Waals surface area contributed by atoms with E-state index in [0.29, 0.717) is 17.2 Å². The first-order chi connectivity index (χ1) is 8.73. The number of carbonyl (C=O) groups is 1. The summed E-state index contributed by atoms with van der Waals surface area (Å²) < 4.78 is 62.0. The van der Waals surface area contributed by atoms with Crippen molar-refractivity contribution >= 4 is 27.3 Å². The number of hydrogen-bond donors (Lipinski definition) is 1. The van der Waals surface area contributed by atoms with E-state index in [9.17, 15) is 26.4 Å². The fourth-order valence-corrected chi connectivity index (χ4v) is 1.87. The number of H-pyrrole nitrogens is 1. The molecule has 0 aliphatic carbocycles. The van der Waals surface area contributed by atoms with Crippen LogP contribution in [0.25, 0.3) is 10.9 Å². The summed E-state index contributed by atoms with van der Waals surface area (Å²) >= 11 is 0. The number of nitrogens with one attached hydrogen (secondary N) is 1. The highest BCUT2D eigenvalue weighted by atomic mass is 32.2. The van der Waals surface area contributed by atoms with Crippen LogP contribution in [-0.2, 0) is 10.1 Å². The first kappa shape index (κ1) is 13.4. The number of aromatic nitrogens is 1. The van der Waals surface area contributed by atoms with Crippen molar-refractivity contribution in [3.63, 3.8) is 0 Å². The van der Waals surface area contributed by atoms with Gasteiger partial charge in [0.25, 0.3) is 0 Å². The monoisotopic (exact) mass is 293 g/mol. The maximum absolute atomic E-state index is 12.1. The van der Waals surface area contributed by atoms with Gasteiger partial charge in [0, 0.05) is 10.9 Å². The second-order valence-electron chi connectivity index (χ2n) is 3.57. The quantitative estimate of drug-likeness (QED) is 0.535. The maximum atomic E-state index is 12.1. The van der Waals surface area contributed by atoms with Crippen LogP contribution in [0, 0.1) is 0 Å². The van der Waals surface area contributed by atoms with E-state index in [2.05, 4.69) is 9.17 Å². The van der Waals surface area contributed by atoms with Gasteiger partial charge in [0.15, 0.2) is 6.29 Å². The molecule has 1 aromatic heterocycles. The first-order valence-corrected chi connectivity index (χ1v) is 6.22. The lowest BCUT2D eigenvalue weighted by molar-refractivity contribution is -0.0500. The fraction of sp³-hybridized carbons (Fsp3) is 0.100. The maximum Gasteiger partial charge on any atom is 0.534 e. The van der Waals surface area contributed by atoms with Gasteiger partial charge in [-0.2, -0.15) is 21.6 Å². The van der Waals surface area contributed by atoms with Crippen molar-refractivity contribution in [1.82, 2.24) is 4.98 Å². The Balaban J connectivity index is 2.39. The molecule has 0 spiro atoms. The van der Waals surface area contributed by atoms with E-state index in [0.717, 1.165) is 12.1 Å². The Morgan fingerprint density at radius 3 is 2.47 bits per heavy atom. The van der Waals surface area contributed by atoms with Crippen molar-refractivity contribution in [2.24, 2.45) is 0 Å². The zero-order valence-electron chi connectivity index (χ0n) is 9.06. The van der Waals surface area contributed by atoms with Gasteiger partial charge in [0.2, 0.25) is 0 Å². The average Bonchev–Trinajstić information content (AvgIpc) is 2.69. The third kappa shape index (κ3) is 2.55. The largest absolute Gasteiger partial charge is 0.534 e. The molecule has 1 N–H and O–H groups in total. The van der Waals surface area contributed by atoms with Gasteiger partial charge in [-0.05, 0) is 24.3 Å². The summed E-state index contributed by atoms with van der Waals surface area (Å²) in [4.78, 5) is 13.2. The van der Waals surface area contributed by atoms with Crippen molar-refractivity contribution in [2.75, 3.05) is 0 Å². The van der Waals surface area contributed by atoms with Crippen LogP contribution in [0.15, 0.2) is 24.3 Å². The molecule has 0 amide bonds. The van der Waals surface area contributed by atoms with Crippen molar-refractivity contribution in [2.45, 2.75) is 5.51 Å². The minimum atomic E-state index is -5.70. The predicted octanol–water partition coefficient (Wildman–Crippen LogP) is 2.21. The molecule has 0 atom stereocenters. The molecule has 5 nitrogen and oxygen atoms in total. The van der Waals surface area contributed by atoms with Gasteiger partial charge >= 0.3 is 15.6 Å². The van der Waals surface area contributed by atoms with Gasteiger partial charge in [-0.3, -0.25) is 4.79 Å². The van der Waals surface area contributed by atoms with Crippen LogP contribution in [0.2, 0.25) is 0 Å². The number of halogens is 3. The molecule has 0 saturated carbocycles. The first-order valence-electron chi connectivity index (χ1n) is 4.81. The standard InChI is InChI=1S/C10H6F3NO4S/c11-10(12,13)19(16,17)18-8-1-2-9-6(4-8)3-7(5-15)14-9/h1-5,14H. The highest BCUT2D eigenvalue weighted by molar-refractivity contribution is 7.88. The van der Waals surface area contributed by atoms with Crippen LogP contribution in [0.5, 0.6) is 5.75 Å². The van der Waals surface area contributed by atoms with Gasteiger partial charge < -0.3 is 9.17 Å². The molecule has 19 heavy (non-hydrogen) atoms. The van der Waals surface area contributed by atoms with Crippen LogP contribution in [0.3, 0.4) is 0 Å². The summed E-state index contributed by atoms with van der Waals surface area (Å²) in [6.07, 6.45) is 0.521. The zero-order chi connectivity index (χ0) is 14.3. The van der Waals surface area contributed by atoms with E-state index >= 15 is 0 Å². The minimum absolute atomic E-state index is 0.214. The normalized spacial score (nSPS) is 12.6. The highest BCUT2D eigenvalue weighted by Crippen LogP contribution is 2.28. The smallest absolute Gasteiger partial charge is 0.376 e. The van der Waals surface area contributed by atoms with Crippen LogP contribution in [0.1, 0.15) is 10.5 Å². The molecule has 0 unspecified atom stereocenters. The molecule has 0 radical (unpaired) electrons. The number of aromatic amines is 1. The van der Waals surface area contributed by atoms with E-state index in [1.165, 1.54) is 12.1 Å². The Labute approximate surface area is 105 Å². The van der Waals surface area contributed by atoms with Gasteiger partial charge in [-0.15, -0.1) is 0 Å². The molecule has 1 aromatic carbocycles. The van der Waals surface area contributed by atoms with E-state index in [1.54, 1.807) is 0 Å². The predicted molar refractivity (Wildman–Crippen MR) is 59.3 cm³/mol. The van der Waals surface area contributed by atoms with Crippen molar-refractivity contribution in [1.29, 1.82) is 0 Å². The second-order valence-corrected chi connectivity index (χ2v) is 5.11. The van der Waals surface area contributed by atoms with Gasteiger partial charge in [0.1, 0.15) is 5.75 Å². The third-order valence-electron chi connectivity index (χ3n) is 2.23. The van der Waals surface area contributed by atoms with E-state index in [4.69, 9.17) is 0 Å². The fourth-order valence-electron chi connectivity index (χ4n) is 1.42. The molecule has 0 fully saturated rings. The molecular formula is C10H6F3NO4S. The van der Waals surface area contributed by atoms with Crippen molar-refractivity contribution in [3.8, 4) is 5.75 Å². The summed E-state index contributed by atoms with van der Waals surface area (Å²) in [7, 11) is -5.70. The second kappa shape index (κ2) is 4.26. The van der Waals surface area contributed by atoms with Crippen molar-refractivity contribution in [3.05, 3.63) is 30.0 Å². The number of rotatable bonds is 3. The Morgan fingerprint density at radius 1 is 1.21 bits per heavy atom. The molecule has 0 aliphatic heterocycles. The number of alkyl halides is 3. The summed E-state index contributed by atoms with van der Waals surface area (Å²) in [5.74, 6) is -0.485. The number of benzene rings is 1. The Hall–Kier alpha value is -2.03. The molecular weight excluding hydrogens is 287 g/mol. The summed E-state index contributed by atoms with van der Waals surface area (Å²) in [6, 6.07) is 4.80. The van der Waals surface area contributed by atoms with Crippen LogP contribution >= 0.6 is 0 Å².